The van der Waals surface area contributed by atoms with Gasteiger partial charge in [0.25, 0.3) is 0 Å². The molecule has 0 aliphatic rings. The zero-order chi connectivity index (χ0) is 27.1. The normalized spacial score (nSPS) is 12.9. The van der Waals surface area contributed by atoms with Crippen molar-refractivity contribution in [3.8, 4) is 0 Å². The summed E-state index contributed by atoms with van der Waals surface area (Å²) < 4.78 is 2.39. The third-order valence-electron chi connectivity index (χ3n) is 7.44. The van der Waals surface area contributed by atoms with Crippen LogP contribution in [0, 0.1) is 26.2 Å². The van der Waals surface area contributed by atoms with Crippen molar-refractivity contribution in [3.05, 3.63) is 94.2 Å². The lowest BCUT2D eigenvalue weighted by molar-refractivity contribution is -0.146. The summed E-state index contributed by atoms with van der Waals surface area (Å²) in [6.07, 6.45) is 0.442. The average molecular weight is 514 g/mol. The molecule has 194 valence electrons. The molecule has 37 heavy (non-hydrogen) atoms. The fourth-order valence-electron chi connectivity index (χ4n) is 4.85. The Kier molecular flexibility index (Phi) is 7.62. The molecule has 1 aromatic heterocycles. The Bertz CT molecular complexity index is 1440. The molecule has 1 N–H and O–H groups in total. The van der Waals surface area contributed by atoms with Crippen LogP contribution in [0.5, 0.6) is 0 Å². The molecule has 0 aliphatic heterocycles. The van der Waals surface area contributed by atoms with E-state index in [1.807, 2.05) is 13.8 Å². The molecule has 0 saturated carbocycles. The molecule has 4 rings (SSSR count). The minimum atomic E-state index is -0.906. The highest BCUT2D eigenvalue weighted by Crippen LogP contribution is 2.45. The highest BCUT2D eigenvalue weighted by molar-refractivity contribution is 7.99. The lowest BCUT2D eigenvalue weighted by Gasteiger charge is -2.25. The second-order valence-electron chi connectivity index (χ2n) is 11.4. The molecular formula is C33H39NO2S. The molecule has 0 fully saturated rings. The Hall–Kier alpha value is -2.98. The van der Waals surface area contributed by atoms with Crippen molar-refractivity contribution in [2.75, 3.05) is 0 Å². The molecule has 0 bridgehead atoms. The van der Waals surface area contributed by atoms with Gasteiger partial charge in [-0.3, -0.25) is 4.79 Å². The average Bonchev–Trinajstić information content (AvgIpc) is 3.12. The first-order valence-corrected chi connectivity index (χ1v) is 13.9. The van der Waals surface area contributed by atoms with Crippen LogP contribution in [-0.4, -0.2) is 15.6 Å². The van der Waals surface area contributed by atoms with E-state index in [2.05, 4.69) is 107 Å². The Balaban J connectivity index is 2.04. The second-order valence-corrected chi connectivity index (χ2v) is 12.5. The van der Waals surface area contributed by atoms with Crippen LogP contribution in [0.4, 0.5) is 0 Å². The first kappa shape index (κ1) is 27.1. The van der Waals surface area contributed by atoms with Gasteiger partial charge in [0.05, 0.1) is 11.5 Å². The Morgan fingerprint density at radius 3 is 2.14 bits per heavy atom. The maximum Gasteiger partial charge on any atom is 0.309 e. The number of hydrogen-bond donors (Lipinski definition) is 1. The van der Waals surface area contributed by atoms with Crippen LogP contribution in [0.25, 0.3) is 10.9 Å². The van der Waals surface area contributed by atoms with Gasteiger partial charge in [-0.05, 0) is 87.9 Å². The molecule has 0 radical (unpaired) electrons. The highest BCUT2D eigenvalue weighted by atomic mass is 32.2. The van der Waals surface area contributed by atoms with Crippen molar-refractivity contribution in [1.82, 2.24) is 4.57 Å². The van der Waals surface area contributed by atoms with Crippen molar-refractivity contribution in [1.29, 1.82) is 0 Å². The third kappa shape index (κ3) is 5.50. The summed E-state index contributed by atoms with van der Waals surface area (Å²) in [6.45, 7) is 16.7. The summed E-state index contributed by atoms with van der Waals surface area (Å²) in [5.41, 5.74) is 7.52. The number of rotatable bonds is 8. The molecule has 1 unspecified atom stereocenters. The summed E-state index contributed by atoms with van der Waals surface area (Å²) in [6, 6.07) is 22.1. The van der Waals surface area contributed by atoms with Crippen LogP contribution in [0.3, 0.4) is 0 Å². The smallest absolute Gasteiger partial charge is 0.309 e. The highest BCUT2D eigenvalue weighted by Gasteiger charge is 2.33. The predicted octanol–water partition coefficient (Wildman–Crippen LogP) is 9.10. The van der Waals surface area contributed by atoms with Gasteiger partial charge in [0.1, 0.15) is 0 Å². The number of carboxylic acids is 1. The standard InChI is InChI=1S/C33H39NO2S/c1-20(2)26-15-16-28-27(18-26)31(37-30-17-22(4)9-12-23(30)5)29(19-33(7,8)32(35)36)34(28)24(6)25-13-10-21(3)11-14-25/h9-18,20,24H,19H2,1-8H3,(H,35,36). The number of hydrogen-bond acceptors (Lipinski definition) is 2. The van der Waals surface area contributed by atoms with Crippen molar-refractivity contribution in [3.63, 3.8) is 0 Å². The van der Waals surface area contributed by atoms with Crippen LogP contribution in [0.2, 0.25) is 0 Å². The number of aromatic nitrogens is 1. The van der Waals surface area contributed by atoms with E-state index < -0.39 is 11.4 Å². The molecule has 4 heteroatoms. The summed E-state index contributed by atoms with van der Waals surface area (Å²) in [5.74, 6) is -0.377. The predicted molar refractivity (Wildman–Crippen MR) is 156 cm³/mol. The summed E-state index contributed by atoms with van der Waals surface area (Å²) in [5, 5.41) is 11.3. The molecular weight excluding hydrogens is 474 g/mol. The van der Waals surface area contributed by atoms with Gasteiger partial charge < -0.3 is 9.67 Å². The Labute approximate surface area is 225 Å². The molecule has 0 spiro atoms. The lowest BCUT2D eigenvalue weighted by Crippen LogP contribution is -2.28. The summed E-state index contributed by atoms with van der Waals surface area (Å²) in [7, 11) is 0. The number of carbonyl (C=O) groups is 1. The molecule has 0 amide bonds. The summed E-state index contributed by atoms with van der Waals surface area (Å²) in [4.78, 5) is 14.7. The Morgan fingerprint density at radius 1 is 0.892 bits per heavy atom. The number of aliphatic carboxylic acids is 1. The van der Waals surface area contributed by atoms with E-state index >= 15 is 0 Å². The molecule has 0 aliphatic carbocycles. The van der Waals surface area contributed by atoms with Gasteiger partial charge in [-0.2, -0.15) is 0 Å². The first-order chi connectivity index (χ1) is 17.4. The van der Waals surface area contributed by atoms with Crippen LogP contribution in [0.15, 0.2) is 70.5 Å². The molecule has 4 aromatic rings. The van der Waals surface area contributed by atoms with Gasteiger partial charge in [-0.1, -0.05) is 73.6 Å². The maximum absolute atomic E-state index is 12.3. The maximum atomic E-state index is 12.3. The first-order valence-electron chi connectivity index (χ1n) is 13.1. The van der Waals surface area contributed by atoms with Gasteiger partial charge in [0.2, 0.25) is 0 Å². The van der Waals surface area contributed by atoms with Gasteiger partial charge >= 0.3 is 5.97 Å². The molecule has 1 atom stereocenters. The second kappa shape index (κ2) is 10.4. The van der Waals surface area contributed by atoms with Crippen molar-refractivity contribution < 1.29 is 9.90 Å². The van der Waals surface area contributed by atoms with E-state index in [-0.39, 0.29) is 6.04 Å². The van der Waals surface area contributed by atoms with E-state index in [4.69, 9.17) is 0 Å². The van der Waals surface area contributed by atoms with Gasteiger partial charge in [-0.25, -0.2) is 0 Å². The van der Waals surface area contributed by atoms with Crippen molar-refractivity contribution in [2.24, 2.45) is 5.41 Å². The molecule has 3 nitrogen and oxygen atoms in total. The van der Waals surface area contributed by atoms with Crippen LogP contribution in [0.1, 0.15) is 80.1 Å². The van der Waals surface area contributed by atoms with Crippen LogP contribution >= 0.6 is 11.8 Å². The van der Waals surface area contributed by atoms with E-state index in [1.54, 1.807) is 11.8 Å². The molecule has 3 aromatic carbocycles. The van der Waals surface area contributed by atoms with Crippen LogP contribution < -0.4 is 0 Å². The molecule has 1 heterocycles. The van der Waals surface area contributed by atoms with Crippen molar-refractivity contribution >= 4 is 28.6 Å². The fraction of sp³-hybridized carbons (Fsp3) is 0.364. The van der Waals surface area contributed by atoms with Gasteiger partial charge in [-0.15, -0.1) is 0 Å². The fourth-order valence-corrected chi connectivity index (χ4v) is 6.11. The van der Waals surface area contributed by atoms with Crippen molar-refractivity contribution in [2.45, 2.75) is 83.6 Å². The minimum Gasteiger partial charge on any atom is -0.481 e. The number of carboxylic acid groups (broad SMARTS) is 1. The summed E-state index contributed by atoms with van der Waals surface area (Å²) >= 11 is 1.78. The van der Waals surface area contributed by atoms with E-state index in [0.29, 0.717) is 12.3 Å². The third-order valence-corrected chi connectivity index (χ3v) is 8.75. The quantitative estimate of drug-likeness (QED) is 0.255. The molecule has 0 saturated heterocycles. The monoisotopic (exact) mass is 513 g/mol. The lowest BCUT2D eigenvalue weighted by atomic mass is 9.87. The zero-order valence-electron chi connectivity index (χ0n) is 23.3. The van der Waals surface area contributed by atoms with Gasteiger partial charge in [0, 0.05) is 32.8 Å². The largest absolute Gasteiger partial charge is 0.481 e. The van der Waals surface area contributed by atoms with Crippen LogP contribution in [-0.2, 0) is 11.2 Å². The number of nitrogens with zero attached hydrogens (tertiary/aromatic N) is 1. The van der Waals surface area contributed by atoms with E-state index in [1.165, 1.54) is 43.0 Å². The van der Waals surface area contributed by atoms with E-state index in [9.17, 15) is 9.90 Å². The van der Waals surface area contributed by atoms with E-state index in [0.717, 1.165) is 11.2 Å². The topological polar surface area (TPSA) is 42.2 Å². The Morgan fingerprint density at radius 2 is 1.51 bits per heavy atom. The zero-order valence-corrected chi connectivity index (χ0v) is 24.2. The number of benzene rings is 3. The number of fused-ring (bicyclic) bond motifs is 1. The minimum absolute atomic E-state index is 0.0561. The van der Waals surface area contributed by atoms with Gasteiger partial charge in [0.15, 0.2) is 0 Å². The SMILES string of the molecule is Cc1ccc(C(C)n2c(CC(C)(C)C(=O)O)c(Sc3cc(C)ccc3C)c3cc(C(C)C)ccc32)cc1. The number of aryl methyl sites for hydroxylation is 3.